The summed E-state index contributed by atoms with van der Waals surface area (Å²) < 4.78 is 28.8. The molecular weight excluding hydrogens is 929 g/mol. The van der Waals surface area contributed by atoms with Crippen LogP contribution in [-0.2, 0) is 22.8 Å². The minimum atomic E-state index is -2.52. The second kappa shape index (κ2) is 20.4. The van der Waals surface area contributed by atoms with Gasteiger partial charge in [0.25, 0.3) is 16.6 Å². The average Bonchev–Trinajstić information content (AvgIpc) is 3.32. The quantitative estimate of drug-likeness (QED) is 0.0974. The molecule has 2 heterocycles. The maximum Gasteiger partial charge on any atom is 0.250 e. The van der Waals surface area contributed by atoms with Gasteiger partial charge < -0.3 is 29.0 Å². The number of carbonyl (C=O) groups excluding carboxylic acids is 2. The number of nitrogens with zero attached hydrogens (tertiary/aromatic N) is 2. The predicted octanol–water partition coefficient (Wildman–Crippen LogP) is 15.6. The van der Waals surface area contributed by atoms with E-state index in [1.807, 2.05) is 84.9 Å². The number of hydrogen-bond donors (Lipinski definition) is 2. The van der Waals surface area contributed by atoms with E-state index in [1.165, 1.54) is 13.8 Å². The van der Waals surface area contributed by atoms with Crippen molar-refractivity contribution in [2.24, 2.45) is 0 Å². The van der Waals surface area contributed by atoms with Crippen LogP contribution in [0.3, 0.4) is 0 Å². The molecule has 0 spiro atoms. The number of anilines is 2. The van der Waals surface area contributed by atoms with E-state index in [9.17, 15) is 9.59 Å². The number of ether oxygens (including phenoxy) is 2. The molecule has 12 heteroatoms. The Morgan fingerprint density at radius 3 is 1.19 bits per heavy atom. The highest BCUT2D eigenvalue weighted by Crippen LogP contribution is 2.52. The van der Waals surface area contributed by atoms with E-state index in [0.29, 0.717) is 47.7 Å². The van der Waals surface area contributed by atoms with Gasteiger partial charge in [-0.2, -0.15) is 0 Å². The highest BCUT2D eigenvalue weighted by molar-refractivity contribution is 6.75. The predicted molar refractivity (Wildman–Crippen MR) is 299 cm³/mol. The van der Waals surface area contributed by atoms with Crippen molar-refractivity contribution in [1.29, 1.82) is 0 Å². The number of pyridine rings is 2. The molecule has 8 rings (SSSR count). The fraction of sp³-hybridized carbons (Fsp3) is 0.267. The Balaban J connectivity index is 1.48. The van der Waals surface area contributed by atoms with Crippen LogP contribution in [0, 0.1) is 0 Å². The van der Waals surface area contributed by atoms with Gasteiger partial charge in [-0.15, -0.1) is 0 Å². The molecule has 0 radical (unpaired) electrons. The van der Waals surface area contributed by atoms with Gasteiger partial charge in [0.2, 0.25) is 11.8 Å². The first-order valence-electron chi connectivity index (χ1n) is 24.5. The highest BCUT2D eigenvalue weighted by Gasteiger charge is 2.42. The van der Waals surface area contributed by atoms with Crippen LogP contribution in [0.1, 0.15) is 66.5 Å². The van der Waals surface area contributed by atoms with E-state index < -0.39 is 16.6 Å². The summed E-state index contributed by atoms with van der Waals surface area (Å²) in [5.41, 5.74) is 6.56. The Labute approximate surface area is 426 Å². The molecule has 0 saturated heterocycles. The molecule has 0 atom stereocenters. The lowest BCUT2D eigenvalue weighted by atomic mass is 9.90. The van der Waals surface area contributed by atoms with Crippen molar-refractivity contribution < 1.29 is 27.9 Å². The highest BCUT2D eigenvalue weighted by atomic mass is 28.4. The Morgan fingerprint density at radius 2 is 0.847 bits per heavy atom. The molecule has 8 aromatic rings. The summed E-state index contributed by atoms with van der Waals surface area (Å²) in [4.78, 5) is 34.3. The molecule has 370 valence electrons. The third-order valence-corrected chi connectivity index (χ3v) is 22.6. The topological polar surface area (TPSA) is 121 Å². The van der Waals surface area contributed by atoms with Crippen LogP contribution >= 0.6 is 0 Å². The number of aromatic nitrogens is 2. The largest absolute Gasteiger partial charge is 0.543 e. The van der Waals surface area contributed by atoms with Gasteiger partial charge in [0.15, 0.2) is 0 Å². The lowest BCUT2D eigenvalue weighted by Crippen LogP contribution is -2.44. The van der Waals surface area contributed by atoms with E-state index in [2.05, 4.69) is 127 Å². The zero-order valence-corrected chi connectivity index (χ0v) is 45.6. The average molecular weight is 995 g/mol. The molecule has 0 fully saturated rings. The number of fused-ring (bicyclic) bond motifs is 2. The number of amides is 2. The van der Waals surface area contributed by atoms with Gasteiger partial charge in [-0.25, -0.2) is 9.97 Å². The van der Waals surface area contributed by atoms with Crippen LogP contribution in [0.4, 0.5) is 11.6 Å². The summed E-state index contributed by atoms with van der Waals surface area (Å²) in [6.07, 6.45) is 0. The Bertz CT molecular complexity index is 3070. The molecular formula is C60H66N4O6Si2. The third kappa shape index (κ3) is 11.4. The lowest BCUT2D eigenvalue weighted by molar-refractivity contribution is -0.115. The summed E-state index contributed by atoms with van der Waals surface area (Å²) in [5.74, 6) is 3.14. The summed E-state index contributed by atoms with van der Waals surface area (Å²) in [6.45, 7) is 26.1. The molecule has 2 aromatic heterocycles. The van der Waals surface area contributed by atoms with Crippen molar-refractivity contribution in [1.82, 2.24) is 9.97 Å². The minimum Gasteiger partial charge on any atom is -0.543 e. The second-order valence-corrected chi connectivity index (χ2v) is 30.9. The Kier molecular flexibility index (Phi) is 14.5. The summed E-state index contributed by atoms with van der Waals surface area (Å²) in [5, 5.41) is 9.07. The normalized spacial score (nSPS) is 12.1. The van der Waals surface area contributed by atoms with Crippen LogP contribution in [0.5, 0.6) is 23.0 Å². The molecule has 0 saturated carbocycles. The van der Waals surface area contributed by atoms with Crippen LogP contribution in [0.2, 0.25) is 36.3 Å². The molecule has 6 aromatic carbocycles. The third-order valence-electron chi connectivity index (χ3n) is 13.9. The van der Waals surface area contributed by atoms with Crippen LogP contribution in [-0.4, -0.2) is 38.4 Å². The first-order valence-corrected chi connectivity index (χ1v) is 30.3. The van der Waals surface area contributed by atoms with Crippen molar-refractivity contribution in [2.45, 2.75) is 105 Å². The fourth-order valence-electron chi connectivity index (χ4n) is 7.99. The number of benzene rings is 6. The van der Waals surface area contributed by atoms with E-state index in [4.69, 9.17) is 28.3 Å². The van der Waals surface area contributed by atoms with Gasteiger partial charge in [-0.05, 0) is 130 Å². The zero-order chi connectivity index (χ0) is 51.6. The van der Waals surface area contributed by atoms with Gasteiger partial charge in [-0.1, -0.05) is 126 Å². The van der Waals surface area contributed by atoms with Gasteiger partial charge >= 0.3 is 0 Å². The standard InChI is InChI=1S/C60H66N4O6Si2/c1-39(65)61-55-27-19-25-49(63-55)47-33-43-29-31-51(69-71(9,10)59(3,4)5)57(45(43)35-53(47)67-37-41-21-15-13-16-22-41)58-46-36-54(68-38-42-23-17-14-18-24-42)48(50-26-20-28-56(64-50)62-40(2)66)34-44(46)30-32-52(58)70-72(11,12)60(6,7)8/h13-36H,37-38H2,1-12H3,(H,61,63,65)(H,62,64,66). The molecule has 2 amide bonds. The molecule has 72 heavy (non-hydrogen) atoms. The van der Waals surface area contributed by atoms with Crippen molar-refractivity contribution >= 4 is 61.6 Å². The number of nitrogens with one attached hydrogen (secondary N) is 2. The Morgan fingerprint density at radius 1 is 0.472 bits per heavy atom. The molecule has 0 unspecified atom stereocenters. The first kappa shape index (κ1) is 51.1. The van der Waals surface area contributed by atoms with E-state index >= 15 is 0 Å². The smallest absolute Gasteiger partial charge is 0.250 e. The van der Waals surface area contributed by atoms with Gasteiger partial charge in [0, 0.05) is 36.1 Å². The molecule has 0 aliphatic heterocycles. The fourth-order valence-corrected chi connectivity index (χ4v) is 10.0. The van der Waals surface area contributed by atoms with E-state index in [0.717, 1.165) is 66.4 Å². The Hall–Kier alpha value is -7.29. The van der Waals surface area contributed by atoms with E-state index in [1.54, 1.807) is 12.1 Å². The van der Waals surface area contributed by atoms with Gasteiger partial charge in [-0.3, -0.25) is 9.59 Å². The summed E-state index contributed by atoms with van der Waals surface area (Å²) >= 11 is 0. The molecule has 0 bridgehead atoms. The number of carbonyl (C=O) groups is 2. The van der Waals surface area contributed by atoms with Crippen molar-refractivity contribution in [2.75, 3.05) is 10.6 Å². The monoisotopic (exact) mass is 994 g/mol. The molecule has 10 nitrogen and oxygen atoms in total. The van der Waals surface area contributed by atoms with Crippen LogP contribution in [0.25, 0.3) is 55.2 Å². The molecule has 0 aliphatic carbocycles. The van der Waals surface area contributed by atoms with Gasteiger partial charge in [0.1, 0.15) is 47.8 Å². The van der Waals surface area contributed by atoms with Crippen LogP contribution in [0.15, 0.2) is 146 Å². The first-order chi connectivity index (χ1) is 34.1. The SMILES string of the molecule is CC(=O)Nc1cccc(-c2cc3ccc(O[Si](C)(C)C(C)(C)C)c(-c4c(O[Si](C)(C)C(C)(C)C)ccc5cc(-c6cccc(NC(C)=O)n6)c(OCc6ccccc6)cc45)c3cc2OCc2ccccc2)n1. The summed E-state index contributed by atoms with van der Waals surface area (Å²) in [7, 11) is -5.03. The summed E-state index contributed by atoms with van der Waals surface area (Å²) in [6, 6.07) is 48.3. The number of hydrogen-bond acceptors (Lipinski definition) is 8. The van der Waals surface area contributed by atoms with Crippen LogP contribution < -0.4 is 29.0 Å². The lowest BCUT2D eigenvalue weighted by Gasteiger charge is -2.38. The van der Waals surface area contributed by atoms with Crippen molar-refractivity contribution in [3.63, 3.8) is 0 Å². The second-order valence-electron chi connectivity index (χ2n) is 21.5. The zero-order valence-electron chi connectivity index (χ0n) is 43.6. The van der Waals surface area contributed by atoms with Crippen molar-refractivity contribution in [3.05, 3.63) is 157 Å². The molecule has 2 N–H and O–H groups in total. The van der Waals surface area contributed by atoms with Gasteiger partial charge in [0.05, 0.1) is 11.4 Å². The molecule has 0 aliphatic rings. The van der Waals surface area contributed by atoms with Crippen molar-refractivity contribution in [3.8, 4) is 56.6 Å². The maximum atomic E-state index is 12.2. The minimum absolute atomic E-state index is 0.136. The van der Waals surface area contributed by atoms with E-state index in [-0.39, 0.29) is 21.9 Å². The number of rotatable bonds is 15. The maximum absolute atomic E-state index is 12.2.